The molecule has 0 radical (unpaired) electrons. The third kappa shape index (κ3) is 2.72. The molecule has 2 rings (SSSR count). The summed E-state index contributed by atoms with van der Waals surface area (Å²) in [7, 11) is 0. The standard InChI is InChI=1S/C13H16BrN3O/c1-3-6-15-13-16-11(12(18)17-13)9-4-5-10(14)8(2)7-9/h4-5,7,11H,3,6H2,1-2H3,(H2,15,16,17,18). The molecule has 1 aliphatic heterocycles. The maximum Gasteiger partial charge on any atom is 0.253 e. The van der Waals surface area contributed by atoms with E-state index in [1.807, 2.05) is 25.1 Å². The van der Waals surface area contributed by atoms with Crippen molar-refractivity contribution in [3.8, 4) is 0 Å². The van der Waals surface area contributed by atoms with Gasteiger partial charge < -0.3 is 5.32 Å². The number of aryl methyl sites for hydroxylation is 1. The summed E-state index contributed by atoms with van der Waals surface area (Å²) < 4.78 is 1.05. The van der Waals surface area contributed by atoms with E-state index in [4.69, 9.17) is 0 Å². The molecule has 0 aromatic heterocycles. The van der Waals surface area contributed by atoms with Crippen LogP contribution in [-0.2, 0) is 4.79 Å². The Hall–Kier alpha value is -1.36. The van der Waals surface area contributed by atoms with E-state index in [9.17, 15) is 4.79 Å². The molecule has 18 heavy (non-hydrogen) atoms. The van der Waals surface area contributed by atoms with Crippen LogP contribution in [0.25, 0.3) is 0 Å². The van der Waals surface area contributed by atoms with Gasteiger partial charge in [-0.25, -0.2) is 0 Å². The Bertz CT molecular complexity index is 499. The number of nitrogens with zero attached hydrogens (tertiary/aromatic N) is 1. The number of guanidine groups is 1. The van der Waals surface area contributed by atoms with Crippen molar-refractivity contribution in [1.82, 2.24) is 10.6 Å². The average molecular weight is 310 g/mol. The summed E-state index contributed by atoms with van der Waals surface area (Å²) in [5, 5.41) is 5.87. The predicted octanol–water partition coefficient (Wildman–Crippen LogP) is 2.28. The highest BCUT2D eigenvalue weighted by Gasteiger charge is 2.29. The van der Waals surface area contributed by atoms with Gasteiger partial charge in [0.25, 0.3) is 5.91 Å². The number of benzene rings is 1. The molecule has 1 aromatic carbocycles. The van der Waals surface area contributed by atoms with Crippen molar-refractivity contribution < 1.29 is 4.79 Å². The number of aliphatic imine (C=N–C) groups is 1. The van der Waals surface area contributed by atoms with Crippen molar-refractivity contribution in [2.45, 2.75) is 26.3 Å². The molecule has 0 spiro atoms. The highest BCUT2D eigenvalue weighted by molar-refractivity contribution is 9.10. The second-order valence-electron chi connectivity index (χ2n) is 4.31. The molecular formula is C13H16BrN3O. The molecule has 4 nitrogen and oxygen atoms in total. The molecule has 1 saturated heterocycles. The van der Waals surface area contributed by atoms with Crippen LogP contribution in [-0.4, -0.2) is 18.4 Å². The van der Waals surface area contributed by atoms with Crippen LogP contribution in [0.15, 0.2) is 27.7 Å². The lowest BCUT2D eigenvalue weighted by Gasteiger charge is -2.09. The van der Waals surface area contributed by atoms with Gasteiger partial charge >= 0.3 is 0 Å². The van der Waals surface area contributed by atoms with Gasteiger partial charge in [-0.3, -0.25) is 15.1 Å². The van der Waals surface area contributed by atoms with Crippen molar-refractivity contribution in [2.24, 2.45) is 4.99 Å². The third-order valence-corrected chi connectivity index (χ3v) is 3.68. The summed E-state index contributed by atoms with van der Waals surface area (Å²) in [4.78, 5) is 16.2. The maximum atomic E-state index is 11.9. The Morgan fingerprint density at radius 1 is 1.44 bits per heavy atom. The SMILES string of the molecule is CCCN=C1NC(=O)C(c2ccc(Br)c(C)c2)N1. The van der Waals surface area contributed by atoms with Crippen LogP contribution in [0, 0.1) is 6.92 Å². The van der Waals surface area contributed by atoms with Crippen LogP contribution >= 0.6 is 15.9 Å². The normalized spacial score (nSPS) is 20.9. The van der Waals surface area contributed by atoms with Gasteiger partial charge in [-0.15, -0.1) is 0 Å². The summed E-state index contributed by atoms with van der Waals surface area (Å²) in [5.41, 5.74) is 2.07. The first-order chi connectivity index (χ1) is 8.61. The topological polar surface area (TPSA) is 53.5 Å². The highest BCUT2D eigenvalue weighted by Crippen LogP contribution is 2.22. The molecule has 1 aromatic rings. The van der Waals surface area contributed by atoms with Gasteiger partial charge in [0.2, 0.25) is 0 Å². The molecule has 1 atom stereocenters. The Labute approximate surface area is 115 Å². The van der Waals surface area contributed by atoms with Gasteiger partial charge in [0, 0.05) is 11.0 Å². The van der Waals surface area contributed by atoms with E-state index >= 15 is 0 Å². The number of hydrogen-bond donors (Lipinski definition) is 2. The second-order valence-corrected chi connectivity index (χ2v) is 5.16. The van der Waals surface area contributed by atoms with Crippen LogP contribution in [0.3, 0.4) is 0 Å². The lowest BCUT2D eigenvalue weighted by atomic mass is 10.0. The number of amides is 1. The fourth-order valence-electron chi connectivity index (χ4n) is 1.82. The van der Waals surface area contributed by atoms with Crippen LogP contribution < -0.4 is 10.6 Å². The molecule has 1 unspecified atom stereocenters. The van der Waals surface area contributed by atoms with Gasteiger partial charge in [0.05, 0.1) is 0 Å². The fourth-order valence-corrected chi connectivity index (χ4v) is 2.06. The van der Waals surface area contributed by atoms with Gasteiger partial charge in [-0.1, -0.05) is 35.0 Å². The van der Waals surface area contributed by atoms with Crippen molar-refractivity contribution in [2.75, 3.05) is 6.54 Å². The Balaban J connectivity index is 2.19. The summed E-state index contributed by atoms with van der Waals surface area (Å²) in [5.74, 6) is 0.527. The molecule has 1 fully saturated rings. The summed E-state index contributed by atoms with van der Waals surface area (Å²) in [6.45, 7) is 4.78. The van der Waals surface area contributed by atoms with Crippen molar-refractivity contribution in [3.05, 3.63) is 33.8 Å². The zero-order chi connectivity index (χ0) is 13.1. The molecule has 96 valence electrons. The number of hydrogen-bond acceptors (Lipinski definition) is 2. The fraction of sp³-hybridized carbons (Fsp3) is 0.385. The van der Waals surface area contributed by atoms with E-state index in [2.05, 4.69) is 38.5 Å². The van der Waals surface area contributed by atoms with Gasteiger partial charge in [-0.05, 0) is 30.5 Å². The molecule has 0 bridgehead atoms. The first kappa shape index (κ1) is 13.1. The van der Waals surface area contributed by atoms with Gasteiger partial charge in [0.1, 0.15) is 6.04 Å². The van der Waals surface area contributed by atoms with Crippen molar-refractivity contribution >= 4 is 27.8 Å². The second kappa shape index (κ2) is 5.52. The smallest absolute Gasteiger partial charge is 0.253 e. The molecule has 1 amide bonds. The zero-order valence-electron chi connectivity index (χ0n) is 10.5. The minimum atomic E-state index is -0.340. The Kier molecular flexibility index (Phi) is 4.01. The van der Waals surface area contributed by atoms with E-state index in [1.54, 1.807) is 0 Å². The number of rotatable bonds is 3. The van der Waals surface area contributed by atoms with Crippen LogP contribution in [0.4, 0.5) is 0 Å². The first-order valence-electron chi connectivity index (χ1n) is 5.99. The van der Waals surface area contributed by atoms with Crippen molar-refractivity contribution in [3.63, 3.8) is 0 Å². The minimum Gasteiger partial charge on any atom is -0.340 e. The van der Waals surface area contributed by atoms with Gasteiger partial charge in [-0.2, -0.15) is 0 Å². The number of halogens is 1. The van der Waals surface area contributed by atoms with E-state index in [1.165, 1.54) is 0 Å². The maximum absolute atomic E-state index is 11.9. The largest absolute Gasteiger partial charge is 0.340 e. The number of carbonyl (C=O) groups excluding carboxylic acids is 1. The van der Waals surface area contributed by atoms with E-state index < -0.39 is 0 Å². The molecular weight excluding hydrogens is 294 g/mol. The first-order valence-corrected chi connectivity index (χ1v) is 6.79. The lowest BCUT2D eigenvalue weighted by Crippen LogP contribution is -2.25. The van der Waals surface area contributed by atoms with Crippen LogP contribution in [0.1, 0.15) is 30.5 Å². The Morgan fingerprint density at radius 3 is 2.89 bits per heavy atom. The lowest BCUT2D eigenvalue weighted by molar-refractivity contribution is -0.120. The van der Waals surface area contributed by atoms with Crippen molar-refractivity contribution in [1.29, 1.82) is 0 Å². The van der Waals surface area contributed by atoms with Crippen LogP contribution in [0.2, 0.25) is 0 Å². The van der Waals surface area contributed by atoms with Crippen LogP contribution in [0.5, 0.6) is 0 Å². The summed E-state index contributed by atoms with van der Waals surface area (Å²) in [6, 6.07) is 5.56. The quantitative estimate of drug-likeness (QED) is 0.900. The monoisotopic (exact) mass is 309 g/mol. The average Bonchev–Trinajstić information content (AvgIpc) is 2.71. The molecule has 0 saturated carbocycles. The Morgan fingerprint density at radius 2 is 2.22 bits per heavy atom. The number of nitrogens with one attached hydrogen (secondary N) is 2. The molecule has 1 aliphatic rings. The highest BCUT2D eigenvalue weighted by atomic mass is 79.9. The van der Waals surface area contributed by atoms with E-state index in [0.29, 0.717) is 12.5 Å². The number of carbonyl (C=O) groups is 1. The third-order valence-electron chi connectivity index (χ3n) is 2.79. The minimum absolute atomic E-state index is 0.0495. The summed E-state index contributed by atoms with van der Waals surface area (Å²) >= 11 is 3.45. The molecule has 0 aliphatic carbocycles. The molecule has 5 heteroatoms. The van der Waals surface area contributed by atoms with E-state index in [-0.39, 0.29) is 11.9 Å². The van der Waals surface area contributed by atoms with Gasteiger partial charge in [0.15, 0.2) is 5.96 Å². The summed E-state index contributed by atoms with van der Waals surface area (Å²) in [6.07, 6.45) is 0.961. The molecule has 2 N–H and O–H groups in total. The zero-order valence-corrected chi connectivity index (χ0v) is 12.0. The van der Waals surface area contributed by atoms with E-state index in [0.717, 1.165) is 22.0 Å². The predicted molar refractivity (Wildman–Crippen MR) is 75.5 cm³/mol. The molecule has 1 heterocycles.